The first kappa shape index (κ1) is 15.4. The van der Waals surface area contributed by atoms with E-state index in [4.69, 9.17) is 16.3 Å². The third-order valence-corrected chi connectivity index (χ3v) is 3.27. The lowest BCUT2D eigenvalue weighted by Gasteiger charge is -2.19. The fourth-order valence-electron chi connectivity index (χ4n) is 1.86. The van der Waals surface area contributed by atoms with Gasteiger partial charge in [0.2, 0.25) is 0 Å². The van der Waals surface area contributed by atoms with Crippen molar-refractivity contribution in [2.75, 3.05) is 20.3 Å². The largest absolute Gasteiger partial charge is 0.385 e. The van der Waals surface area contributed by atoms with Crippen LogP contribution in [0, 0.1) is 5.82 Å². The van der Waals surface area contributed by atoms with Gasteiger partial charge in [-0.25, -0.2) is 4.39 Å². The zero-order valence-corrected chi connectivity index (χ0v) is 11.8. The molecule has 0 radical (unpaired) electrons. The Morgan fingerprint density at radius 2 is 2.22 bits per heavy atom. The molecule has 0 fully saturated rings. The van der Waals surface area contributed by atoms with Crippen LogP contribution in [0.15, 0.2) is 18.2 Å². The lowest BCUT2D eigenvalue weighted by molar-refractivity contribution is 0.182. The second kappa shape index (κ2) is 8.46. The van der Waals surface area contributed by atoms with Crippen LogP contribution in [0.3, 0.4) is 0 Å². The summed E-state index contributed by atoms with van der Waals surface area (Å²) in [7, 11) is 1.69. The van der Waals surface area contributed by atoms with Crippen molar-refractivity contribution in [3.05, 3.63) is 34.6 Å². The van der Waals surface area contributed by atoms with E-state index in [0.717, 1.165) is 31.4 Å². The fourth-order valence-corrected chi connectivity index (χ4v) is 2.06. The lowest BCUT2D eigenvalue weighted by atomic mass is 10.0. The number of benzene rings is 1. The highest BCUT2D eigenvalue weighted by molar-refractivity contribution is 6.31. The molecule has 0 aliphatic carbocycles. The molecule has 0 aliphatic heterocycles. The van der Waals surface area contributed by atoms with Crippen molar-refractivity contribution >= 4 is 11.6 Å². The van der Waals surface area contributed by atoms with E-state index in [1.165, 1.54) is 6.07 Å². The molecule has 1 aromatic rings. The van der Waals surface area contributed by atoms with Crippen LogP contribution in [-0.2, 0) is 11.2 Å². The quantitative estimate of drug-likeness (QED) is 0.784. The Labute approximate surface area is 113 Å². The van der Waals surface area contributed by atoms with Crippen molar-refractivity contribution in [1.82, 2.24) is 5.32 Å². The van der Waals surface area contributed by atoms with Crippen molar-refractivity contribution in [2.24, 2.45) is 0 Å². The Morgan fingerprint density at radius 1 is 1.44 bits per heavy atom. The maximum atomic E-state index is 13.4. The summed E-state index contributed by atoms with van der Waals surface area (Å²) in [5, 5.41) is 3.67. The van der Waals surface area contributed by atoms with Crippen molar-refractivity contribution < 1.29 is 9.13 Å². The van der Waals surface area contributed by atoms with Gasteiger partial charge in [0.25, 0.3) is 0 Å². The maximum absolute atomic E-state index is 13.4. The average Bonchev–Trinajstić information content (AvgIpc) is 2.38. The summed E-state index contributed by atoms with van der Waals surface area (Å²) >= 11 is 5.97. The number of hydrogen-bond donors (Lipinski definition) is 1. The molecule has 0 heterocycles. The Kier molecular flexibility index (Phi) is 7.25. The zero-order valence-electron chi connectivity index (χ0n) is 11.0. The fraction of sp³-hybridized carbons (Fsp3) is 0.571. The van der Waals surface area contributed by atoms with Gasteiger partial charge in [-0.2, -0.15) is 0 Å². The molecule has 1 unspecified atom stereocenters. The first-order chi connectivity index (χ1) is 8.69. The molecule has 0 aliphatic rings. The van der Waals surface area contributed by atoms with Gasteiger partial charge in [0.1, 0.15) is 5.82 Å². The number of hydrogen-bond acceptors (Lipinski definition) is 2. The van der Waals surface area contributed by atoms with Gasteiger partial charge < -0.3 is 10.1 Å². The molecule has 0 aromatic heterocycles. The molecule has 1 N–H and O–H groups in total. The molecule has 2 nitrogen and oxygen atoms in total. The van der Waals surface area contributed by atoms with Crippen LogP contribution in [0.4, 0.5) is 4.39 Å². The Balaban J connectivity index is 2.65. The standard InChI is InChI=1S/C14H21ClFNO/c1-3-8-17-12(7-9-18-2)10-11-5-4-6-13(16)14(11)15/h4-6,12,17H,3,7-10H2,1-2H3. The molecule has 4 heteroatoms. The van der Waals surface area contributed by atoms with Gasteiger partial charge in [-0.3, -0.25) is 0 Å². The molecular formula is C14H21ClFNO. The van der Waals surface area contributed by atoms with Gasteiger partial charge in [0.15, 0.2) is 0 Å². The summed E-state index contributed by atoms with van der Waals surface area (Å²) in [6, 6.07) is 5.22. The summed E-state index contributed by atoms with van der Waals surface area (Å²) < 4.78 is 18.5. The predicted molar refractivity (Wildman–Crippen MR) is 73.7 cm³/mol. The van der Waals surface area contributed by atoms with Crippen LogP contribution in [0.1, 0.15) is 25.3 Å². The van der Waals surface area contributed by atoms with Crippen LogP contribution >= 0.6 is 11.6 Å². The Morgan fingerprint density at radius 3 is 2.89 bits per heavy atom. The monoisotopic (exact) mass is 273 g/mol. The van der Waals surface area contributed by atoms with Crippen molar-refractivity contribution in [3.8, 4) is 0 Å². The number of ether oxygens (including phenoxy) is 1. The van der Waals surface area contributed by atoms with Gasteiger partial charge in [0.05, 0.1) is 5.02 Å². The smallest absolute Gasteiger partial charge is 0.142 e. The summed E-state index contributed by atoms with van der Waals surface area (Å²) in [4.78, 5) is 0. The van der Waals surface area contributed by atoms with Gasteiger partial charge in [-0.05, 0) is 37.4 Å². The second-order valence-electron chi connectivity index (χ2n) is 4.35. The minimum atomic E-state index is -0.352. The maximum Gasteiger partial charge on any atom is 0.142 e. The molecule has 0 saturated heterocycles. The Hall–Kier alpha value is -0.640. The molecule has 1 aromatic carbocycles. The summed E-state index contributed by atoms with van der Waals surface area (Å²) in [6.07, 6.45) is 2.68. The highest BCUT2D eigenvalue weighted by Gasteiger charge is 2.12. The van der Waals surface area contributed by atoms with E-state index in [9.17, 15) is 4.39 Å². The van der Waals surface area contributed by atoms with Crippen LogP contribution in [0.2, 0.25) is 5.02 Å². The lowest BCUT2D eigenvalue weighted by Crippen LogP contribution is -2.33. The van der Waals surface area contributed by atoms with E-state index >= 15 is 0 Å². The summed E-state index contributed by atoms with van der Waals surface area (Å²) in [5.41, 5.74) is 0.848. The van der Waals surface area contributed by atoms with Crippen molar-refractivity contribution in [2.45, 2.75) is 32.2 Å². The molecule has 102 valence electrons. The van der Waals surface area contributed by atoms with Crippen molar-refractivity contribution in [3.63, 3.8) is 0 Å². The number of methoxy groups -OCH3 is 1. The third-order valence-electron chi connectivity index (χ3n) is 2.85. The molecular weight excluding hydrogens is 253 g/mol. The Bertz CT molecular complexity index is 352. The number of nitrogens with one attached hydrogen (secondary N) is 1. The van der Waals surface area contributed by atoms with Crippen LogP contribution < -0.4 is 5.32 Å². The highest BCUT2D eigenvalue weighted by atomic mass is 35.5. The van der Waals surface area contributed by atoms with Crippen molar-refractivity contribution in [1.29, 1.82) is 0 Å². The molecule has 0 amide bonds. The minimum Gasteiger partial charge on any atom is -0.385 e. The van der Waals surface area contributed by atoms with E-state index in [1.807, 2.05) is 6.07 Å². The topological polar surface area (TPSA) is 21.3 Å². The van der Waals surface area contributed by atoms with E-state index in [0.29, 0.717) is 6.61 Å². The van der Waals surface area contributed by atoms with Crippen LogP contribution in [-0.4, -0.2) is 26.3 Å². The summed E-state index contributed by atoms with van der Waals surface area (Å²) in [6.45, 7) is 3.76. The highest BCUT2D eigenvalue weighted by Crippen LogP contribution is 2.21. The zero-order chi connectivity index (χ0) is 13.4. The molecule has 1 rings (SSSR count). The predicted octanol–water partition coefficient (Wildman–Crippen LogP) is 3.43. The third kappa shape index (κ3) is 4.92. The minimum absolute atomic E-state index is 0.234. The SMILES string of the molecule is CCCNC(CCOC)Cc1cccc(F)c1Cl. The van der Waals surface area contributed by atoms with E-state index in [2.05, 4.69) is 12.2 Å². The van der Waals surface area contributed by atoms with Gasteiger partial charge in [-0.1, -0.05) is 30.7 Å². The first-order valence-electron chi connectivity index (χ1n) is 6.34. The number of halogens is 2. The molecule has 0 spiro atoms. The average molecular weight is 274 g/mol. The molecule has 1 atom stereocenters. The van der Waals surface area contributed by atoms with Gasteiger partial charge in [-0.15, -0.1) is 0 Å². The molecule has 18 heavy (non-hydrogen) atoms. The van der Waals surface area contributed by atoms with Gasteiger partial charge in [0, 0.05) is 19.8 Å². The normalized spacial score (nSPS) is 12.7. The molecule has 0 saturated carbocycles. The second-order valence-corrected chi connectivity index (χ2v) is 4.73. The van der Waals surface area contributed by atoms with Crippen LogP contribution in [0.5, 0.6) is 0 Å². The van der Waals surface area contributed by atoms with E-state index in [1.54, 1.807) is 13.2 Å². The summed E-state index contributed by atoms with van der Waals surface area (Å²) in [5.74, 6) is -0.352. The van der Waals surface area contributed by atoms with Crippen LogP contribution in [0.25, 0.3) is 0 Å². The van der Waals surface area contributed by atoms with E-state index < -0.39 is 0 Å². The molecule has 0 bridgehead atoms. The first-order valence-corrected chi connectivity index (χ1v) is 6.72. The number of rotatable bonds is 8. The van der Waals surface area contributed by atoms with E-state index in [-0.39, 0.29) is 16.9 Å². The van der Waals surface area contributed by atoms with Gasteiger partial charge >= 0.3 is 0 Å².